The summed E-state index contributed by atoms with van der Waals surface area (Å²) in [5.74, 6) is -0.765. The summed E-state index contributed by atoms with van der Waals surface area (Å²) in [7, 11) is 0. The maximum absolute atomic E-state index is 13.9. The van der Waals surface area contributed by atoms with Crippen LogP contribution in [0.5, 0.6) is 0 Å². The highest BCUT2D eigenvalue weighted by Crippen LogP contribution is 2.41. The lowest BCUT2D eigenvalue weighted by Crippen LogP contribution is -2.44. The van der Waals surface area contributed by atoms with E-state index in [-0.39, 0.29) is 5.82 Å². The highest BCUT2D eigenvalue weighted by atomic mass is 32.2. The third kappa shape index (κ3) is 1.76. The summed E-state index contributed by atoms with van der Waals surface area (Å²) in [5, 5.41) is 0. The molecule has 1 fully saturated rings. The number of benzene rings is 1. The Morgan fingerprint density at radius 3 is 2.47 bits per heavy atom. The molecule has 82 valence electrons. The van der Waals surface area contributed by atoms with E-state index in [2.05, 4.69) is 0 Å². The number of rotatable bonds is 2. The Kier molecular flexibility index (Phi) is 2.73. The molecule has 1 aliphatic rings. The molecular formula is C11H13F2NS. The molecule has 0 spiro atoms. The van der Waals surface area contributed by atoms with Crippen LogP contribution in [-0.2, 0) is 5.54 Å². The molecule has 4 heteroatoms. The van der Waals surface area contributed by atoms with Gasteiger partial charge in [-0.25, -0.2) is 8.78 Å². The number of halogens is 2. The first kappa shape index (κ1) is 10.9. The maximum atomic E-state index is 13.9. The number of hydrogen-bond acceptors (Lipinski definition) is 2. The summed E-state index contributed by atoms with van der Waals surface area (Å²) in [5.41, 5.74) is 5.69. The van der Waals surface area contributed by atoms with Gasteiger partial charge in [-0.1, -0.05) is 0 Å². The normalized spacial score (nSPS) is 18.7. The third-order valence-electron chi connectivity index (χ3n) is 3.01. The smallest absolute Gasteiger partial charge is 0.141 e. The predicted octanol–water partition coefficient (Wildman–Crippen LogP) is 3.02. The van der Waals surface area contributed by atoms with Crippen LogP contribution >= 0.6 is 11.8 Å². The van der Waals surface area contributed by atoms with E-state index >= 15 is 0 Å². The summed E-state index contributed by atoms with van der Waals surface area (Å²) in [6, 6.07) is 2.44. The zero-order chi connectivity index (χ0) is 11.1. The van der Waals surface area contributed by atoms with Gasteiger partial charge in [0.2, 0.25) is 0 Å². The Labute approximate surface area is 92.0 Å². The summed E-state index contributed by atoms with van der Waals surface area (Å²) in [6.07, 6.45) is 4.19. The molecule has 0 amide bonds. The lowest BCUT2D eigenvalue weighted by molar-refractivity contribution is 0.242. The van der Waals surface area contributed by atoms with Crippen molar-refractivity contribution in [2.45, 2.75) is 29.7 Å². The van der Waals surface area contributed by atoms with Gasteiger partial charge in [-0.15, -0.1) is 11.8 Å². The van der Waals surface area contributed by atoms with Crippen molar-refractivity contribution in [3.05, 3.63) is 29.3 Å². The predicted molar refractivity (Wildman–Crippen MR) is 57.9 cm³/mol. The van der Waals surface area contributed by atoms with Crippen LogP contribution < -0.4 is 5.73 Å². The van der Waals surface area contributed by atoms with Crippen molar-refractivity contribution in [1.29, 1.82) is 0 Å². The van der Waals surface area contributed by atoms with Crippen LogP contribution in [0.15, 0.2) is 17.0 Å². The van der Waals surface area contributed by atoms with Crippen LogP contribution in [0, 0.1) is 11.6 Å². The van der Waals surface area contributed by atoms with Gasteiger partial charge in [0, 0.05) is 16.0 Å². The first-order valence-corrected chi connectivity index (χ1v) is 6.12. The molecule has 0 saturated heterocycles. The number of nitrogens with two attached hydrogens (primary N) is 1. The largest absolute Gasteiger partial charge is 0.321 e. The molecule has 2 rings (SSSR count). The van der Waals surface area contributed by atoms with E-state index in [1.165, 1.54) is 23.9 Å². The van der Waals surface area contributed by atoms with Crippen molar-refractivity contribution in [3.63, 3.8) is 0 Å². The van der Waals surface area contributed by atoms with Crippen LogP contribution in [0.2, 0.25) is 0 Å². The van der Waals surface area contributed by atoms with Gasteiger partial charge >= 0.3 is 0 Å². The van der Waals surface area contributed by atoms with Crippen LogP contribution in [-0.4, -0.2) is 6.26 Å². The maximum Gasteiger partial charge on any atom is 0.141 e. The average molecular weight is 229 g/mol. The summed E-state index contributed by atoms with van der Waals surface area (Å²) in [4.78, 5) is 0.335. The summed E-state index contributed by atoms with van der Waals surface area (Å²) in [6.45, 7) is 0. The highest BCUT2D eigenvalue weighted by molar-refractivity contribution is 7.98. The topological polar surface area (TPSA) is 26.0 Å². The first-order valence-electron chi connectivity index (χ1n) is 4.89. The molecule has 15 heavy (non-hydrogen) atoms. The molecule has 2 N–H and O–H groups in total. The molecular weight excluding hydrogens is 216 g/mol. The molecule has 1 aromatic carbocycles. The standard InChI is InChI=1S/C11H13F2NS/c1-15-9-6-7(12)5-8(10(9)13)11(14)3-2-4-11/h5-6H,2-4,14H2,1H3. The fraction of sp³-hybridized carbons (Fsp3) is 0.455. The highest BCUT2D eigenvalue weighted by Gasteiger charge is 2.37. The molecule has 0 bridgehead atoms. The minimum absolute atomic E-state index is 0.332. The summed E-state index contributed by atoms with van der Waals surface area (Å²) >= 11 is 1.20. The molecule has 0 unspecified atom stereocenters. The van der Waals surface area contributed by atoms with Crippen molar-refractivity contribution in [1.82, 2.24) is 0 Å². The Morgan fingerprint density at radius 2 is 2.00 bits per heavy atom. The number of thioether (sulfide) groups is 1. The zero-order valence-corrected chi connectivity index (χ0v) is 9.33. The van der Waals surface area contributed by atoms with Gasteiger partial charge in [0.1, 0.15) is 11.6 Å². The van der Waals surface area contributed by atoms with Crippen molar-refractivity contribution in [2.24, 2.45) is 5.73 Å². The van der Waals surface area contributed by atoms with Crippen LogP contribution in [0.4, 0.5) is 8.78 Å². The second kappa shape index (κ2) is 3.76. The van der Waals surface area contributed by atoms with E-state index in [0.717, 1.165) is 19.3 Å². The Balaban J connectivity index is 2.50. The second-order valence-corrected chi connectivity index (χ2v) is 4.83. The number of hydrogen-bond donors (Lipinski definition) is 1. The molecule has 1 saturated carbocycles. The van der Waals surface area contributed by atoms with Gasteiger partial charge in [-0.2, -0.15) is 0 Å². The molecule has 0 aromatic heterocycles. The van der Waals surface area contributed by atoms with Gasteiger partial charge in [0.25, 0.3) is 0 Å². The fourth-order valence-corrected chi connectivity index (χ4v) is 2.42. The SMILES string of the molecule is CSc1cc(F)cc(C2(N)CCC2)c1F. The van der Waals surface area contributed by atoms with Gasteiger partial charge in [0.05, 0.1) is 0 Å². The lowest BCUT2D eigenvalue weighted by atomic mass is 9.72. The zero-order valence-electron chi connectivity index (χ0n) is 8.52. The second-order valence-electron chi connectivity index (χ2n) is 3.98. The Bertz CT molecular complexity index is 388. The van der Waals surface area contributed by atoms with Crippen LogP contribution in [0.25, 0.3) is 0 Å². The van der Waals surface area contributed by atoms with E-state index in [1.807, 2.05) is 0 Å². The van der Waals surface area contributed by atoms with E-state index in [4.69, 9.17) is 5.73 Å². The first-order chi connectivity index (χ1) is 7.07. The monoisotopic (exact) mass is 229 g/mol. The van der Waals surface area contributed by atoms with E-state index in [0.29, 0.717) is 10.5 Å². The van der Waals surface area contributed by atoms with E-state index < -0.39 is 11.4 Å². The Hall–Kier alpha value is -0.610. The van der Waals surface area contributed by atoms with Gasteiger partial charge in [-0.3, -0.25) is 0 Å². The lowest BCUT2D eigenvalue weighted by Gasteiger charge is -2.39. The molecule has 0 radical (unpaired) electrons. The minimum atomic E-state index is -0.642. The fourth-order valence-electron chi connectivity index (χ4n) is 1.90. The van der Waals surface area contributed by atoms with E-state index in [9.17, 15) is 8.78 Å². The van der Waals surface area contributed by atoms with Crippen LogP contribution in [0.1, 0.15) is 24.8 Å². The van der Waals surface area contributed by atoms with Crippen molar-refractivity contribution in [3.8, 4) is 0 Å². The third-order valence-corrected chi connectivity index (χ3v) is 3.74. The quantitative estimate of drug-likeness (QED) is 0.789. The van der Waals surface area contributed by atoms with Crippen molar-refractivity contribution >= 4 is 11.8 Å². The van der Waals surface area contributed by atoms with Gasteiger partial charge < -0.3 is 5.73 Å². The molecule has 0 aliphatic heterocycles. The van der Waals surface area contributed by atoms with E-state index in [1.54, 1.807) is 6.26 Å². The molecule has 1 nitrogen and oxygen atoms in total. The van der Waals surface area contributed by atoms with Crippen LogP contribution in [0.3, 0.4) is 0 Å². The molecule has 1 aromatic rings. The van der Waals surface area contributed by atoms with Crippen molar-refractivity contribution < 1.29 is 8.78 Å². The molecule has 0 atom stereocenters. The molecule has 0 heterocycles. The average Bonchev–Trinajstić information content (AvgIpc) is 2.17. The summed E-state index contributed by atoms with van der Waals surface area (Å²) < 4.78 is 27.2. The Morgan fingerprint density at radius 1 is 1.33 bits per heavy atom. The van der Waals surface area contributed by atoms with Crippen molar-refractivity contribution in [2.75, 3.05) is 6.26 Å². The minimum Gasteiger partial charge on any atom is -0.321 e. The van der Waals surface area contributed by atoms with Gasteiger partial charge in [0.15, 0.2) is 0 Å². The van der Waals surface area contributed by atoms with Gasteiger partial charge in [-0.05, 0) is 37.7 Å². The molecule has 1 aliphatic carbocycles.